The average molecular weight is 208 g/mol. The third kappa shape index (κ3) is 3.15. The molecular formula is C6H10ClF4N. The first-order chi connectivity index (χ1) is 5.00. The maximum Gasteiger partial charge on any atom is 0.441 e. The number of hydrogen-bond donors (Lipinski definition) is 1. The fourth-order valence-electron chi connectivity index (χ4n) is 1.21. The smallest absolute Gasteiger partial charge is 0.441 e. The van der Waals surface area contributed by atoms with Crippen LogP contribution in [-0.2, 0) is 0 Å². The minimum Gasteiger partial charge on any atom is -1.00 e. The first-order valence-corrected chi connectivity index (χ1v) is 3.54. The molecule has 0 aromatic rings. The van der Waals surface area contributed by atoms with Crippen LogP contribution in [0.4, 0.5) is 17.6 Å². The Morgan fingerprint density at radius 2 is 1.75 bits per heavy atom. The number of alkyl halides is 4. The second kappa shape index (κ2) is 4.28. The lowest BCUT2D eigenvalue weighted by molar-refractivity contribution is -0.725. The van der Waals surface area contributed by atoms with Crippen molar-refractivity contribution in [1.82, 2.24) is 0 Å². The minimum absolute atomic E-state index is 0. The van der Waals surface area contributed by atoms with E-state index in [-0.39, 0.29) is 31.8 Å². The SMILES string of the molecule is FC1CCC(C(F)(F)F)[NH2+]C1.[Cl-]. The second-order valence-electron chi connectivity index (χ2n) is 2.79. The van der Waals surface area contributed by atoms with Gasteiger partial charge in [-0.25, -0.2) is 4.39 Å². The Morgan fingerprint density at radius 3 is 2.08 bits per heavy atom. The summed E-state index contributed by atoms with van der Waals surface area (Å²) < 4.78 is 48.1. The molecule has 74 valence electrons. The summed E-state index contributed by atoms with van der Waals surface area (Å²) in [6.45, 7) is -0.0514. The van der Waals surface area contributed by atoms with Gasteiger partial charge in [-0.05, 0) is 6.42 Å². The van der Waals surface area contributed by atoms with Crippen molar-refractivity contribution in [3.05, 3.63) is 0 Å². The zero-order valence-corrected chi connectivity index (χ0v) is 7.00. The van der Waals surface area contributed by atoms with E-state index < -0.39 is 18.4 Å². The molecule has 1 saturated heterocycles. The number of piperidine rings is 1. The monoisotopic (exact) mass is 207 g/mol. The molecule has 0 radical (unpaired) electrons. The molecule has 2 N–H and O–H groups in total. The fraction of sp³-hybridized carbons (Fsp3) is 1.00. The van der Waals surface area contributed by atoms with Gasteiger partial charge >= 0.3 is 6.18 Å². The highest BCUT2D eigenvalue weighted by Gasteiger charge is 2.45. The van der Waals surface area contributed by atoms with E-state index in [9.17, 15) is 17.6 Å². The molecule has 1 heterocycles. The predicted octanol–water partition coefficient (Wildman–Crippen LogP) is -2.38. The molecule has 1 nitrogen and oxygen atoms in total. The molecule has 0 aliphatic carbocycles. The van der Waals surface area contributed by atoms with Gasteiger partial charge < -0.3 is 17.7 Å². The van der Waals surface area contributed by atoms with Crippen molar-refractivity contribution in [2.24, 2.45) is 0 Å². The molecule has 0 saturated carbocycles. The van der Waals surface area contributed by atoms with E-state index in [0.29, 0.717) is 0 Å². The van der Waals surface area contributed by atoms with E-state index in [1.807, 2.05) is 0 Å². The van der Waals surface area contributed by atoms with Crippen LogP contribution in [0, 0.1) is 0 Å². The molecule has 0 aromatic carbocycles. The number of halogens is 5. The number of nitrogens with two attached hydrogens (primary N) is 1. The molecule has 0 aromatic heterocycles. The molecule has 1 fully saturated rings. The summed E-state index contributed by atoms with van der Waals surface area (Å²) in [5, 5.41) is 1.04. The average Bonchev–Trinajstić information content (AvgIpc) is 1.86. The van der Waals surface area contributed by atoms with Crippen LogP contribution < -0.4 is 17.7 Å². The van der Waals surface area contributed by atoms with Crippen molar-refractivity contribution in [2.45, 2.75) is 31.2 Å². The first-order valence-electron chi connectivity index (χ1n) is 3.54. The van der Waals surface area contributed by atoms with Crippen molar-refractivity contribution in [2.75, 3.05) is 6.54 Å². The van der Waals surface area contributed by atoms with E-state index >= 15 is 0 Å². The van der Waals surface area contributed by atoms with Gasteiger partial charge in [-0.2, -0.15) is 13.2 Å². The zero-order chi connectivity index (χ0) is 8.48. The van der Waals surface area contributed by atoms with Crippen LogP contribution in [0.15, 0.2) is 0 Å². The normalized spacial score (nSPS) is 31.0. The van der Waals surface area contributed by atoms with Gasteiger partial charge in [0, 0.05) is 6.42 Å². The molecule has 1 aliphatic heterocycles. The molecule has 12 heavy (non-hydrogen) atoms. The Bertz CT molecular complexity index is 130. The van der Waals surface area contributed by atoms with Crippen molar-refractivity contribution in [1.29, 1.82) is 0 Å². The predicted molar refractivity (Wildman–Crippen MR) is 30.8 cm³/mol. The highest BCUT2D eigenvalue weighted by molar-refractivity contribution is 4.71. The molecule has 6 heteroatoms. The molecule has 1 aliphatic rings. The largest absolute Gasteiger partial charge is 1.00 e. The van der Waals surface area contributed by atoms with Gasteiger partial charge in [0.2, 0.25) is 0 Å². The lowest BCUT2D eigenvalue weighted by Gasteiger charge is -2.24. The summed E-state index contributed by atoms with van der Waals surface area (Å²) in [6.07, 6.45) is -5.28. The Hall–Kier alpha value is -0.0300. The van der Waals surface area contributed by atoms with E-state index in [0.717, 1.165) is 5.32 Å². The maximum atomic E-state index is 12.3. The van der Waals surface area contributed by atoms with Gasteiger partial charge in [0.25, 0.3) is 0 Å². The Kier molecular flexibility index (Phi) is 4.26. The lowest BCUT2D eigenvalue weighted by atomic mass is 10.0. The van der Waals surface area contributed by atoms with Gasteiger partial charge in [0.1, 0.15) is 12.7 Å². The van der Waals surface area contributed by atoms with Gasteiger partial charge in [-0.3, -0.25) is 0 Å². The summed E-state index contributed by atoms with van der Waals surface area (Å²) >= 11 is 0. The topological polar surface area (TPSA) is 16.6 Å². The number of rotatable bonds is 0. The van der Waals surface area contributed by atoms with Crippen LogP contribution in [0.3, 0.4) is 0 Å². The van der Waals surface area contributed by atoms with Gasteiger partial charge in [-0.15, -0.1) is 0 Å². The lowest BCUT2D eigenvalue weighted by Crippen LogP contribution is -3.00. The molecule has 0 spiro atoms. The fourth-order valence-corrected chi connectivity index (χ4v) is 1.21. The van der Waals surface area contributed by atoms with Crippen LogP contribution in [0.5, 0.6) is 0 Å². The Labute approximate surface area is 73.9 Å². The highest BCUT2D eigenvalue weighted by Crippen LogP contribution is 2.23. The summed E-state index contributed by atoms with van der Waals surface area (Å²) in [5.74, 6) is 0. The van der Waals surface area contributed by atoms with E-state index in [1.165, 1.54) is 0 Å². The van der Waals surface area contributed by atoms with Crippen LogP contribution in [0.2, 0.25) is 0 Å². The molecule has 1 rings (SSSR count). The number of hydrogen-bond acceptors (Lipinski definition) is 0. The summed E-state index contributed by atoms with van der Waals surface area (Å²) in [4.78, 5) is 0. The van der Waals surface area contributed by atoms with Crippen molar-refractivity contribution >= 4 is 0 Å². The van der Waals surface area contributed by atoms with Crippen molar-refractivity contribution < 1.29 is 35.3 Å². The molecular weight excluding hydrogens is 198 g/mol. The third-order valence-electron chi connectivity index (χ3n) is 1.89. The standard InChI is InChI=1S/C6H9F4N.ClH/c7-4-1-2-5(11-3-4)6(8,9)10;/h4-5,11H,1-3H2;1H. The van der Waals surface area contributed by atoms with Crippen LogP contribution in [0.1, 0.15) is 12.8 Å². The first kappa shape index (κ1) is 12.0. The zero-order valence-electron chi connectivity index (χ0n) is 6.24. The third-order valence-corrected chi connectivity index (χ3v) is 1.89. The molecule has 2 unspecified atom stereocenters. The summed E-state index contributed by atoms with van der Waals surface area (Å²) in [6, 6.07) is -1.38. The van der Waals surface area contributed by atoms with Gasteiger partial charge in [0.15, 0.2) is 6.04 Å². The van der Waals surface area contributed by atoms with Gasteiger partial charge in [-0.1, -0.05) is 0 Å². The van der Waals surface area contributed by atoms with E-state index in [2.05, 4.69) is 0 Å². The minimum atomic E-state index is -4.17. The highest BCUT2D eigenvalue weighted by atomic mass is 35.5. The second-order valence-corrected chi connectivity index (χ2v) is 2.79. The maximum absolute atomic E-state index is 12.3. The summed E-state index contributed by atoms with van der Waals surface area (Å²) in [7, 11) is 0. The van der Waals surface area contributed by atoms with Crippen LogP contribution in [0.25, 0.3) is 0 Å². The van der Waals surface area contributed by atoms with Gasteiger partial charge in [0.05, 0.1) is 0 Å². The Morgan fingerprint density at radius 1 is 1.17 bits per heavy atom. The molecule has 0 amide bonds. The van der Waals surface area contributed by atoms with Crippen molar-refractivity contribution in [3.63, 3.8) is 0 Å². The van der Waals surface area contributed by atoms with Crippen molar-refractivity contribution in [3.8, 4) is 0 Å². The van der Waals surface area contributed by atoms with E-state index in [4.69, 9.17) is 0 Å². The van der Waals surface area contributed by atoms with Crippen LogP contribution >= 0.6 is 0 Å². The number of quaternary nitrogens is 1. The molecule has 2 atom stereocenters. The Balaban J connectivity index is 0.00000121. The summed E-state index contributed by atoms with van der Waals surface area (Å²) in [5.41, 5.74) is 0. The molecule has 0 bridgehead atoms. The van der Waals surface area contributed by atoms with Crippen LogP contribution in [-0.4, -0.2) is 24.9 Å². The van der Waals surface area contributed by atoms with E-state index in [1.54, 1.807) is 0 Å². The quantitative estimate of drug-likeness (QED) is 0.427.